The van der Waals surface area contributed by atoms with Crippen LogP contribution in [0.2, 0.25) is 0 Å². The molecule has 2 aromatic rings. The molecule has 1 aromatic heterocycles. The molecule has 1 fully saturated rings. The largest absolute Gasteiger partial charge is 0.467 e. The molecule has 0 bridgehead atoms. The van der Waals surface area contributed by atoms with Crippen molar-refractivity contribution in [1.29, 1.82) is 0 Å². The summed E-state index contributed by atoms with van der Waals surface area (Å²) in [5, 5.41) is 3.62. The third-order valence-corrected chi connectivity index (χ3v) is 5.06. The number of hydrogen-bond donors (Lipinski definition) is 1. The maximum absolute atomic E-state index is 13.0. The van der Waals surface area contributed by atoms with Crippen molar-refractivity contribution >= 4 is 11.6 Å². The zero-order valence-corrected chi connectivity index (χ0v) is 13.2. The average Bonchev–Trinajstić information content (AvgIpc) is 3.11. The second-order valence-electron chi connectivity index (χ2n) is 6.55. The molecule has 2 heterocycles. The number of nitrogens with zero attached hydrogens (tertiary/aromatic N) is 1. The van der Waals surface area contributed by atoms with E-state index in [2.05, 4.69) is 5.32 Å². The van der Waals surface area contributed by atoms with Crippen LogP contribution in [0.3, 0.4) is 0 Å². The van der Waals surface area contributed by atoms with Gasteiger partial charge in [0.15, 0.2) is 0 Å². The van der Waals surface area contributed by atoms with E-state index in [4.69, 9.17) is 4.42 Å². The fourth-order valence-corrected chi connectivity index (χ4v) is 3.88. The molecule has 0 unspecified atom stereocenters. The van der Waals surface area contributed by atoms with Gasteiger partial charge >= 0.3 is 0 Å². The Kier molecular flexibility index (Phi) is 3.82. The summed E-state index contributed by atoms with van der Waals surface area (Å²) in [4.78, 5) is 15.0. The number of fused-ring (bicyclic) bond motifs is 1. The summed E-state index contributed by atoms with van der Waals surface area (Å²) in [5.74, 6) is 1.45. The Bertz CT molecular complexity index is 674. The van der Waals surface area contributed by atoms with E-state index in [1.54, 1.807) is 6.26 Å². The monoisotopic (exact) mass is 310 g/mol. The third kappa shape index (κ3) is 2.74. The first kappa shape index (κ1) is 14.4. The number of para-hydroxylation sites is 1. The molecule has 4 heteroatoms. The smallest absolute Gasteiger partial charge is 0.258 e. The Morgan fingerprint density at radius 1 is 1.09 bits per heavy atom. The van der Waals surface area contributed by atoms with Gasteiger partial charge in [-0.1, -0.05) is 31.4 Å². The van der Waals surface area contributed by atoms with Gasteiger partial charge in [0.25, 0.3) is 5.91 Å². The van der Waals surface area contributed by atoms with Gasteiger partial charge in [0, 0.05) is 5.69 Å². The van der Waals surface area contributed by atoms with E-state index >= 15 is 0 Å². The predicted molar refractivity (Wildman–Crippen MR) is 89.0 cm³/mol. The molecule has 4 nitrogen and oxygen atoms in total. The Labute approximate surface area is 136 Å². The molecule has 120 valence electrons. The summed E-state index contributed by atoms with van der Waals surface area (Å²) in [6.07, 6.45) is 7.92. The van der Waals surface area contributed by atoms with Crippen LogP contribution in [0.1, 0.15) is 48.2 Å². The van der Waals surface area contributed by atoms with Crippen LogP contribution in [0, 0.1) is 5.92 Å². The van der Waals surface area contributed by atoms with Crippen molar-refractivity contribution < 1.29 is 9.21 Å². The van der Waals surface area contributed by atoms with Gasteiger partial charge < -0.3 is 14.6 Å². The second-order valence-corrected chi connectivity index (χ2v) is 6.55. The number of hydrogen-bond acceptors (Lipinski definition) is 3. The van der Waals surface area contributed by atoms with Gasteiger partial charge in [-0.05, 0) is 43.0 Å². The first-order valence-electron chi connectivity index (χ1n) is 8.52. The zero-order valence-electron chi connectivity index (χ0n) is 13.2. The van der Waals surface area contributed by atoms with Crippen LogP contribution in [0.15, 0.2) is 47.1 Å². The van der Waals surface area contributed by atoms with Crippen molar-refractivity contribution in [2.45, 2.75) is 44.8 Å². The van der Waals surface area contributed by atoms with Crippen LogP contribution in [-0.2, 0) is 6.54 Å². The molecule has 1 amide bonds. The summed E-state index contributed by atoms with van der Waals surface area (Å²) in [6.45, 7) is 0.522. The van der Waals surface area contributed by atoms with E-state index in [0.29, 0.717) is 12.5 Å². The number of benzene rings is 1. The molecule has 0 radical (unpaired) electrons. The Morgan fingerprint density at radius 2 is 1.91 bits per heavy atom. The first-order chi connectivity index (χ1) is 11.3. The second kappa shape index (κ2) is 6.11. The molecule has 1 saturated carbocycles. The minimum absolute atomic E-state index is 0.0581. The highest BCUT2D eigenvalue weighted by Crippen LogP contribution is 2.35. The van der Waals surface area contributed by atoms with Gasteiger partial charge in [0.1, 0.15) is 11.9 Å². The van der Waals surface area contributed by atoms with E-state index in [1.165, 1.54) is 32.1 Å². The quantitative estimate of drug-likeness (QED) is 0.921. The molecule has 1 aliphatic heterocycles. The lowest BCUT2D eigenvalue weighted by atomic mass is 9.85. The topological polar surface area (TPSA) is 45.5 Å². The van der Waals surface area contributed by atoms with Crippen molar-refractivity contribution in [3.05, 3.63) is 54.0 Å². The molecule has 2 aliphatic rings. The molecule has 23 heavy (non-hydrogen) atoms. The fraction of sp³-hybridized carbons (Fsp3) is 0.421. The van der Waals surface area contributed by atoms with Crippen LogP contribution < -0.4 is 5.32 Å². The molecule has 4 rings (SSSR count). The SMILES string of the molecule is O=C1c2ccccc2N[C@H](C2CCCCC2)N1Cc1ccco1. The van der Waals surface area contributed by atoms with Crippen molar-refractivity contribution in [3.63, 3.8) is 0 Å². The van der Waals surface area contributed by atoms with Gasteiger partial charge in [-0.2, -0.15) is 0 Å². The molecule has 1 atom stereocenters. The van der Waals surface area contributed by atoms with E-state index in [1.807, 2.05) is 41.3 Å². The summed E-state index contributed by atoms with van der Waals surface area (Å²) in [6, 6.07) is 11.6. The van der Waals surface area contributed by atoms with Crippen molar-refractivity contribution in [2.75, 3.05) is 5.32 Å². The standard InChI is InChI=1S/C19H22N2O2/c22-19-16-10-4-5-11-17(16)20-18(14-7-2-1-3-8-14)21(19)13-15-9-6-12-23-15/h4-6,9-12,14,18,20H,1-3,7-8,13H2/t18-/m0/s1. The van der Waals surface area contributed by atoms with Gasteiger partial charge in [-0.15, -0.1) is 0 Å². The lowest BCUT2D eigenvalue weighted by Gasteiger charge is -2.42. The summed E-state index contributed by atoms with van der Waals surface area (Å²) < 4.78 is 5.49. The van der Waals surface area contributed by atoms with Crippen molar-refractivity contribution in [2.24, 2.45) is 5.92 Å². The number of anilines is 1. The summed E-state index contributed by atoms with van der Waals surface area (Å²) in [5.41, 5.74) is 1.72. The molecular formula is C19H22N2O2. The highest BCUT2D eigenvalue weighted by Gasteiger charge is 2.37. The van der Waals surface area contributed by atoms with Gasteiger partial charge in [-0.25, -0.2) is 0 Å². The number of furan rings is 1. The predicted octanol–water partition coefficient (Wildman–Crippen LogP) is 4.25. The number of carbonyl (C=O) groups is 1. The van der Waals surface area contributed by atoms with E-state index in [0.717, 1.165) is 17.0 Å². The fourth-order valence-electron chi connectivity index (χ4n) is 3.88. The van der Waals surface area contributed by atoms with Crippen molar-refractivity contribution in [1.82, 2.24) is 4.90 Å². The van der Waals surface area contributed by atoms with Gasteiger partial charge in [0.05, 0.1) is 18.4 Å². The lowest BCUT2D eigenvalue weighted by Crippen LogP contribution is -2.52. The maximum Gasteiger partial charge on any atom is 0.258 e. The van der Waals surface area contributed by atoms with Crippen molar-refractivity contribution in [3.8, 4) is 0 Å². The van der Waals surface area contributed by atoms with E-state index < -0.39 is 0 Å². The molecule has 1 aliphatic carbocycles. The summed E-state index contributed by atoms with van der Waals surface area (Å²) >= 11 is 0. The highest BCUT2D eigenvalue weighted by atomic mass is 16.3. The van der Waals surface area contributed by atoms with Crippen LogP contribution in [0.25, 0.3) is 0 Å². The first-order valence-corrected chi connectivity index (χ1v) is 8.52. The third-order valence-electron chi connectivity index (χ3n) is 5.06. The van der Waals surface area contributed by atoms with Crippen LogP contribution >= 0.6 is 0 Å². The minimum Gasteiger partial charge on any atom is -0.467 e. The molecule has 0 saturated heterocycles. The lowest BCUT2D eigenvalue weighted by molar-refractivity contribution is 0.0550. The number of nitrogens with one attached hydrogen (secondary N) is 1. The molecule has 1 aromatic carbocycles. The number of rotatable bonds is 3. The number of carbonyl (C=O) groups excluding carboxylic acids is 1. The van der Waals surface area contributed by atoms with E-state index in [-0.39, 0.29) is 12.1 Å². The highest BCUT2D eigenvalue weighted by molar-refractivity contribution is 6.01. The Hall–Kier alpha value is -2.23. The summed E-state index contributed by atoms with van der Waals surface area (Å²) in [7, 11) is 0. The molecule has 0 spiro atoms. The van der Waals surface area contributed by atoms with Crippen LogP contribution in [0.5, 0.6) is 0 Å². The number of amides is 1. The van der Waals surface area contributed by atoms with Crippen LogP contribution in [-0.4, -0.2) is 17.0 Å². The Balaban J connectivity index is 1.67. The van der Waals surface area contributed by atoms with E-state index in [9.17, 15) is 4.79 Å². The minimum atomic E-state index is 0.0581. The maximum atomic E-state index is 13.0. The molecular weight excluding hydrogens is 288 g/mol. The van der Waals surface area contributed by atoms with Gasteiger partial charge in [0.2, 0.25) is 0 Å². The van der Waals surface area contributed by atoms with Gasteiger partial charge in [-0.3, -0.25) is 4.79 Å². The average molecular weight is 310 g/mol. The molecule has 1 N–H and O–H groups in total. The Morgan fingerprint density at radius 3 is 2.70 bits per heavy atom. The zero-order chi connectivity index (χ0) is 15.6. The van der Waals surface area contributed by atoms with Crippen LogP contribution in [0.4, 0.5) is 5.69 Å². The normalized spacial score (nSPS) is 21.8.